The zero-order valence-electron chi connectivity index (χ0n) is 8.41. The van der Waals surface area contributed by atoms with Crippen molar-refractivity contribution in [1.29, 1.82) is 0 Å². The van der Waals surface area contributed by atoms with Crippen LogP contribution in [-0.2, 0) is 6.42 Å². The van der Waals surface area contributed by atoms with Crippen LogP contribution in [0.2, 0.25) is 0 Å². The van der Waals surface area contributed by atoms with E-state index in [4.69, 9.17) is 5.73 Å². The highest BCUT2D eigenvalue weighted by molar-refractivity contribution is 9.10. The van der Waals surface area contributed by atoms with Gasteiger partial charge < -0.3 is 5.73 Å². The van der Waals surface area contributed by atoms with Crippen LogP contribution in [0.4, 0.5) is 0 Å². The summed E-state index contributed by atoms with van der Waals surface area (Å²) in [4.78, 5) is 4.35. The maximum absolute atomic E-state index is 5.52. The van der Waals surface area contributed by atoms with Crippen LogP contribution in [0.25, 0.3) is 10.9 Å². The molecule has 0 saturated carbocycles. The molecule has 0 amide bonds. The van der Waals surface area contributed by atoms with Crippen molar-refractivity contribution in [2.24, 2.45) is 5.73 Å². The molecule has 2 rings (SSSR count). The van der Waals surface area contributed by atoms with Gasteiger partial charge in [0.1, 0.15) is 0 Å². The van der Waals surface area contributed by atoms with Crippen molar-refractivity contribution >= 4 is 26.8 Å². The smallest absolute Gasteiger partial charge is 0.0715 e. The predicted molar refractivity (Wildman–Crippen MR) is 66.8 cm³/mol. The summed E-state index contributed by atoms with van der Waals surface area (Å²) >= 11 is 3.45. The van der Waals surface area contributed by atoms with Gasteiger partial charge in [-0.3, -0.25) is 4.98 Å². The molecular formula is C12H13BrN2. The van der Waals surface area contributed by atoms with Crippen molar-refractivity contribution in [2.75, 3.05) is 6.54 Å². The average molecular weight is 265 g/mol. The minimum Gasteiger partial charge on any atom is -0.330 e. The number of fused-ring (bicyclic) bond motifs is 1. The predicted octanol–water partition coefficient (Wildman–Crippen LogP) is 2.89. The molecule has 2 nitrogen and oxygen atoms in total. The topological polar surface area (TPSA) is 38.9 Å². The van der Waals surface area contributed by atoms with Gasteiger partial charge in [-0.1, -0.05) is 22.0 Å². The first-order chi connectivity index (χ1) is 7.31. The summed E-state index contributed by atoms with van der Waals surface area (Å²) in [6, 6.07) is 8.28. The Bertz CT molecular complexity index is 468. The van der Waals surface area contributed by atoms with E-state index in [1.54, 1.807) is 0 Å². The van der Waals surface area contributed by atoms with E-state index < -0.39 is 0 Å². The van der Waals surface area contributed by atoms with Crippen LogP contribution in [0, 0.1) is 0 Å². The van der Waals surface area contributed by atoms with E-state index in [-0.39, 0.29) is 0 Å². The van der Waals surface area contributed by atoms with Gasteiger partial charge in [-0.25, -0.2) is 0 Å². The molecule has 0 aliphatic heterocycles. The summed E-state index contributed by atoms with van der Waals surface area (Å²) in [6.45, 7) is 0.736. The summed E-state index contributed by atoms with van der Waals surface area (Å²) in [6.07, 6.45) is 3.91. The van der Waals surface area contributed by atoms with E-state index in [0.29, 0.717) is 0 Å². The van der Waals surface area contributed by atoms with Crippen LogP contribution in [0.3, 0.4) is 0 Å². The molecule has 0 fully saturated rings. The Morgan fingerprint density at radius 3 is 2.93 bits per heavy atom. The summed E-state index contributed by atoms with van der Waals surface area (Å²) in [5.74, 6) is 0. The Balaban J connectivity index is 2.46. The van der Waals surface area contributed by atoms with Crippen LogP contribution in [0.1, 0.15) is 12.0 Å². The summed E-state index contributed by atoms with van der Waals surface area (Å²) < 4.78 is 1.07. The number of hydrogen-bond acceptors (Lipinski definition) is 2. The van der Waals surface area contributed by atoms with Gasteiger partial charge in [0.2, 0.25) is 0 Å². The van der Waals surface area contributed by atoms with E-state index >= 15 is 0 Å². The number of nitrogens with two attached hydrogens (primary N) is 1. The molecule has 0 aliphatic carbocycles. The SMILES string of the molecule is NCCCc1ccnc2cc(Br)ccc12. The second-order valence-corrected chi connectivity index (χ2v) is 4.44. The number of pyridine rings is 1. The lowest BCUT2D eigenvalue weighted by Gasteiger charge is -2.05. The van der Waals surface area contributed by atoms with Gasteiger partial charge in [0.15, 0.2) is 0 Å². The summed E-state index contributed by atoms with van der Waals surface area (Å²) in [5.41, 5.74) is 7.89. The third-order valence-corrected chi connectivity index (χ3v) is 2.94. The largest absolute Gasteiger partial charge is 0.330 e. The molecule has 0 atom stereocenters. The molecule has 15 heavy (non-hydrogen) atoms. The molecule has 0 unspecified atom stereocenters. The lowest BCUT2D eigenvalue weighted by molar-refractivity contribution is 0.836. The van der Waals surface area contributed by atoms with Gasteiger partial charge in [-0.15, -0.1) is 0 Å². The second kappa shape index (κ2) is 4.73. The minimum atomic E-state index is 0.736. The fourth-order valence-electron chi connectivity index (χ4n) is 1.69. The number of hydrogen-bond donors (Lipinski definition) is 1. The van der Waals surface area contributed by atoms with E-state index in [9.17, 15) is 0 Å². The number of benzene rings is 1. The van der Waals surface area contributed by atoms with Crippen LogP contribution in [0.15, 0.2) is 34.9 Å². The van der Waals surface area contributed by atoms with E-state index in [2.05, 4.69) is 39.1 Å². The molecule has 1 heterocycles. The van der Waals surface area contributed by atoms with Crippen molar-refractivity contribution in [1.82, 2.24) is 4.98 Å². The Kier molecular flexibility index (Phi) is 3.34. The van der Waals surface area contributed by atoms with Crippen LogP contribution in [0.5, 0.6) is 0 Å². The van der Waals surface area contributed by atoms with E-state index in [1.165, 1.54) is 10.9 Å². The summed E-state index contributed by atoms with van der Waals surface area (Å²) in [7, 11) is 0. The maximum Gasteiger partial charge on any atom is 0.0715 e. The molecule has 0 bridgehead atoms. The van der Waals surface area contributed by atoms with E-state index in [0.717, 1.165) is 29.4 Å². The Morgan fingerprint density at radius 2 is 2.13 bits per heavy atom. The van der Waals surface area contributed by atoms with Gasteiger partial charge in [0.25, 0.3) is 0 Å². The zero-order chi connectivity index (χ0) is 10.7. The monoisotopic (exact) mass is 264 g/mol. The third-order valence-electron chi connectivity index (χ3n) is 2.45. The molecular weight excluding hydrogens is 252 g/mol. The van der Waals surface area contributed by atoms with Crippen LogP contribution < -0.4 is 5.73 Å². The molecule has 0 saturated heterocycles. The fraction of sp³-hybridized carbons (Fsp3) is 0.250. The molecule has 2 N–H and O–H groups in total. The normalized spacial score (nSPS) is 10.8. The fourth-order valence-corrected chi connectivity index (χ4v) is 2.04. The lowest BCUT2D eigenvalue weighted by Crippen LogP contribution is -2.00. The highest BCUT2D eigenvalue weighted by atomic mass is 79.9. The molecule has 0 radical (unpaired) electrons. The van der Waals surface area contributed by atoms with Crippen molar-refractivity contribution in [3.8, 4) is 0 Å². The van der Waals surface area contributed by atoms with Crippen molar-refractivity contribution in [3.63, 3.8) is 0 Å². The van der Waals surface area contributed by atoms with Gasteiger partial charge in [-0.05, 0) is 43.1 Å². The molecule has 0 spiro atoms. The molecule has 1 aromatic carbocycles. The second-order valence-electron chi connectivity index (χ2n) is 3.52. The quantitative estimate of drug-likeness (QED) is 0.926. The Labute approximate surface area is 97.6 Å². The first-order valence-electron chi connectivity index (χ1n) is 5.04. The number of aryl methyl sites for hydroxylation is 1. The Hall–Kier alpha value is -0.930. The minimum absolute atomic E-state index is 0.736. The first-order valence-corrected chi connectivity index (χ1v) is 5.84. The highest BCUT2D eigenvalue weighted by Gasteiger charge is 2.01. The van der Waals surface area contributed by atoms with Gasteiger partial charge in [0.05, 0.1) is 5.52 Å². The van der Waals surface area contributed by atoms with Crippen LogP contribution in [-0.4, -0.2) is 11.5 Å². The third kappa shape index (κ3) is 2.36. The highest BCUT2D eigenvalue weighted by Crippen LogP contribution is 2.21. The molecule has 1 aromatic heterocycles. The molecule has 0 aliphatic rings. The maximum atomic E-state index is 5.52. The average Bonchev–Trinajstić information content (AvgIpc) is 2.25. The van der Waals surface area contributed by atoms with Gasteiger partial charge in [-0.2, -0.15) is 0 Å². The molecule has 2 aromatic rings. The van der Waals surface area contributed by atoms with Crippen molar-refractivity contribution in [2.45, 2.75) is 12.8 Å². The van der Waals surface area contributed by atoms with Gasteiger partial charge in [0, 0.05) is 16.1 Å². The number of nitrogens with zero attached hydrogens (tertiary/aromatic N) is 1. The van der Waals surface area contributed by atoms with E-state index in [1.807, 2.05) is 12.3 Å². The number of aromatic nitrogens is 1. The molecule has 3 heteroatoms. The zero-order valence-corrected chi connectivity index (χ0v) is 10.00. The first kappa shape index (κ1) is 10.6. The van der Waals surface area contributed by atoms with Crippen molar-refractivity contribution in [3.05, 3.63) is 40.5 Å². The summed E-state index contributed by atoms with van der Waals surface area (Å²) in [5, 5.41) is 1.23. The standard InChI is InChI=1S/C12H13BrN2/c13-10-3-4-11-9(2-1-6-14)5-7-15-12(11)8-10/h3-5,7-8H,1-2,6,14H2. The van der Waals surface area contributed by atoms with Crippen LogP contribution >= 0.6 is 15.9 Å². The number of halogens is 1. The lowest BCUT2D eigenvalue weighted by atomic mass is 10.1. The number of rotatable bonds is 3. The van der Waals surface area contributed by atoms with Gasteiger partial charge >= 0.3 is 0 Å². The Morgan fingerprint density at radius 1 is 1.27 bits per heavy atom. The molecule has 78 valence electrons. The van der Waals surface area contributed by atoms with Crippen molar-refractivity contribution < 1.29 is 0 Å².